The molecule has 1 aliphatic rings. The Morgan fingerprint density at radius 3 is 2.81 bits per heavy atom. The number of urea groups is 1. The van der Waals surface area contributed by atoms with Crippen LogP contribution in [-0.4, -0.2) is 25.6 Å². The standard InChI is InChI=1S/C20H23N3O3/c1-13-5-7-16(19(24)21-2)11-17(13)23-20(25)22-12-14-6-8-18-15(10-14)4-3-9-26-18/h5-8,10-11H,3-4,9,12H2,1-2H3,(H,21,24)(H2,22,23,25). The molecule has 3 rings (SSSR count). The number of carbonyl (C=O) groups excluding carboxylic acids is 2. The van der Waals surface area contributed by atoms with Gasteiger partial charge in [0.05, 0.1) is 6.61 Å². The van der Waals surface area contributed by atoms with Crippen molar-refractivity contribution in [2.45, 2.75) is 26.3 Å². The van der Waals surface area contributed by atoms with Crippen LogP contribution in [0.15, 0.2) is 36.4 Å². The molecule has 6 heteroatoms. The normalized spacial score (nSPS) is 12.5. The summed E-state index contributed by atoms with van der Waals surface area (Å²) in [7, 11) is 1.58. The smallest absolute Gasteiger partial charge is 0.319 e. The lowest BCUT2D eigenvalue weighted by atomic mass is 10.0. The van der Waals surface area contributed by atoms with Gasteiger partial charge in [0, 0.05) is 24.8 Å². The van der Waals surface area contributed by atoms with Crippen molar-refractivity contribution >= 4 is 17.6 Å². The lowest BCUT2D eigenvalue weighted by molar-refractivity contribution is 0.0963. The highest BCUT2D eigenvalue weighted by molar-refractivity contribution is 5.97. The fourth-order valence-electron chi connectivity index (χ4n) is 2.91. The molecule has 0 aromatic heterocycles. The molecule has 0 radical (unpaired) electrons. The lowest BCUT2D eigenvalue weighted by Crippen LogP contribution is -2.29. The van der Waals surface area contributed by atoms with Crippen LogP contribution >= 0.6 is 0 Å². The van der Waals surface area contributed by atoms with E-state index in [1.807, 2.05) is 25.1 Å². The number of amides is 3. The minimum Gasteiger partial charge on any atom is -0.493 e. The van der Waals surface area contributed by atoms with Crippen LogP contribution in [0, 0.1) is 6.92 Å². The molecule has 2 aromatic rings. The van der Waals surface area contributed by atoms with Gasteiger partial charge in [0.1, 0.15) is 5.75 Å². The van der Waals surface area contributed by atoms with E-state index >= 15 is 0 Å². The predicted molar refractivity (Wildman–Crippen MR) is 101 cm³/mol. The van der Waals surface area contributed by atoms with Crippen LogP contribution < -0.4 is 20.7 Å². The summed E-state index contributed by atoms with van der Waals surface area (Å²) >= 11 is 0. The van der Waals surface area contributed by atoms with Gasteiger partial charge < -0.3 is 20.7 Å². The monoisotopic (exact) mass is 353 g/mol. The number of fused-ring (bicyclic) bond motifs is 1. The molecule has 0 fully saturated rings. The van der Waals surface area contributed by atoms with E-state index in [9.17, 15) is 9.59 Å². The average Bonchev–Trinajstić information content (AvgIpc) is 2.67. The van der Waals surface area contributed by atoms with E-state index in [-0.39, 0.29) is 11.9 Å². The molecule has 2 aromatic carbocycles. The van der Waals surface area contributed by atoms with E-state index in [1.54, 1.807) is 19.2 Å². The van der Waals surface area contributed by atoms with E-state index in [2.05, 4.69) is 22.0 Å². The maximum absolute atomic E-state index is 12.2. The quantitative estimate of drug-likeness (QED) is 0.790. The van der Waals surface area contributed by atoms with E-state index in [1.165, 1.54) is 5.56 Å². The van der Waals surface area contributed by atoms with Gasteiger partial charge in [0.15, 0.2) is 0 Å². The molecule has 6 nitrogen and oxygen atoms in total. The summed E-state index contributed by atoms with van der Waals surface area (Å²) in [5.41, 5.74) is 4.22. The number of aryl methyl sites for hydroxylation is 2. The molecular weight excluding hydrogens is 330 g/mol. The third-order valence-corrected chi connectivity index (χ3v) is 4.40. The van der Waals surface area contributed by atoms with Crippen LogP contribution in [0.3, 0.4) is 0 Å². The molecule has 3 N–H and O–H groups in total. The molecule has 26 heavy (non-hydrogen) atoms. The number of rotatable bonds is 4. The van der Waals surface area contributed by atoms with E-state index in [4.69, 9.17) is 4.74 Å². The fraction of sp³-hybridized carbons (Fsp3) is 0.300. The van der Waals surface area contributed by atoms with Crippen LogP contribution in [0.25, 0.3) is 0 Å². The first-order chi connectivity index (χ1) is 12.6. The summed E-state index contributed by atoms with van der Waals surface area (Å²) in [4.78, 5) is 24.0. The van der Waals surface area contributed by atoms with Gasteiger partial charge in [-0.3, -0.25) is 4.79 Å². The molecule has 0 saturated carbocycles. The van der Waals surface area contributed by atoms with Crippen molar-refractivity contribution in [3.8, 4) is 5.75 Å². The molecule has 0 saturated heterocycles. The van der Waals surface area contributed by atoms with Gasteiger partial charge in [-0.15, -0.1) is 0 Å². The number of anilines is 1. The molecular formula is C20H23N3O3. The van der Waals surface area contributed by atoms with Crippen molar-refractivity contribution in [3.63, 3.8) is 0 Å². The first-order valence-electron chi connectivity index (χ1n) is 8.69. The van der Waals surface area contributed by atoms with Crippen molar-refractivity contribution in [2.24, 2.45) is 0 Å². The summed E-state index contributed by atoms with van der Waals surface area (Å²) in [5.74, 6) is 0.746. The van der Waals surface area contributed by atoms with Gasteiger partial charge in [-0.05, 0) is 54.7 Å². The summed E-state index contributed by atoms with van der Waals surface area (Å²) < 4.78 is 5.60. The molecule has 1 heterocycles. The third kappa shape index (κ3) is 4.14. The second-order valence-corrected chi connectivity index (χ2v) is 6.31. The molecule has 3 amide bonds. The van der Waals surface area contributed by atoms with Crippen molar-refractivity contribution < 1.29 is 14.3 Å². The summed E-state index contributed by atoms with van der Waals surface area (Å²) in [5, 5.41) is 8.24. The first-order valence-corrected chi connectivity index (χ1v) is 8.69. The maximum atomic E-state index is 12.2. The van der Waals surface area contributed by atoms with Crippen molar-refractivity contribution in [1.82, 2.24) is 10.6 Å². The second kappa shape index (κ2) is 7.91. The van der Waals surface area contributed by atoms with Crippen LogP contribution in [0.2, 0.25) is 0 Å². The number of hydrogen-bond acceptors (Lipinski definition) is 3. The Balaban J connectivity index is 1.62. The minimum atomic E-state index is -0.309. The SMILES string of the molecule is CNC(=O)c1ccc(C)c(NC(=O)NCc2ccc3c(c2)CCCO3)c1. The Morgan fingerprint density at radius 2 is 2.00 bits per heavy atom. The fourth-order valence-corrected chi connectivity index (χ4v) is 2.91. The van der Waals surface area contributed by atoms with Gasteiger partial charge in [-0.1, -0.05) is 18.2 Å². The zero-order valence-corrected chi connectivity index (χ0v) is 15.0. The topological polar surface area (TPSA) is 79.5 Å². The van der Waals surface area contributed by atoms with Gasteiger partial charge in [0.2, 0.25) is 0 Å². The van der Waals surface area contributed by atoms with Crippen molar-refractivity contribution in [2.75, 3.05) is 19.0 Å². The summed E-state index contributed by atoms with van der Waals surface area (Å²) in [6, 6.07) is 10.9. The van der Waals surface area contributed by atoms with Crippen molar-refractivity contribution in [3.05, 3.63) is 58.7 Å². The Kier molecular flexibility index (Phi) is 5.41. The largest absolute Gasteiger partial charge is 0.493 e. The number of carbonyl (C=O) groups is 2. The zero-order valence-electron chi connectivity index (χ0n) is 15.0. The highest BCUT2D eigenvalue weighted by atomic mass is 16.5. The molecule has 0 spiro atoms. The van der Waals surface area contributed by atoms with Gasteiger partial charge in [-0.25, -0.2) is 4.79 Å². The highest BCUT2D eigenvalue weighted by Gasteiger charge is 2.12. The Bertz CT molecular complexity index is 833. The Labute approximate surface area is 152 Å². The van der Waals surface area contributed by atoms with Crippen LogP contribution in [0.5, 0.6) is 5.75 Å². The summed E-state index contributed by atoms with van der Waals surface area (Å²) in [6.45, 7) is 3.07. The second-order valence-electron chi connectivity index (χ2n) is 6.31. The van der Waals surface area contributed by atoms with E-state index in [0.29, 0.717) is 17.8 Å². The van der Waals surface area contributed by atoms with Crippen LogP contribution in [-0.2, 0) is 13.0 Å². The molecule has 0 atom stereocenters. The zero-order chi connectivity index (χ0) is 18.5. The predicted octanol–water partition coefficient (Wildman–Crippen LogP) is 3.00. The molecule has 0 unspecified atom stereocenters. The van der Waals surface area contributed by atoms with Crippen LogP contribution in [0.1, 0.15) is 33.5 Å². The average molecular weight is 353 g/mol. The number of benzene rings is 2. The molecule has 1 aliphatic heterocycles. The highest BCUT2D eigenvalue weighted by Crippen LogP contribution is 2.25. The number of nitrogens with one attached hydrogen (secondary N) is 3. The Hall–Kier alpha value is -3.02. The summed E-state index contributed by atoms with van der Waals surface area (Å²) in [6.07, 6.45) is 2.02. The molecule has 0 bridgehead atoms. The van der Waals surface area contributed by atoms with E-state index in [0.717, 1.165) is 36.3 Å². The number of hydrogen-bond donors (Lipinski definition) is 3. The van der Waals surface area contributed by atoms with Gasteiger partial charge >= 0.3 is 6.03 Å². The van der Waals surface area contributed by atoms with Gasteiger partial charge in [-0.2, -0.15) is 0 Å². The van der Waals surface area contributed by atoms with Gasteiger partial charge in [0.25, 0.3) is 5.91 Å². The Morgan fingerprint density at radius 1 is 1.15 bits per heavy atom. The molecule has 0 aliphatic carbocycles. The van der Waals surface area contributed by atoms with E-state index < -0.39 is 0 Å². The maximum Gasteiger partial charge on any atom is 0.319 e. The molecule has 136 valence electrons. The van der Waals surface area contributed by atoms with Crippen LogP contribution in [0.4, 0.5) is 10.5 Å². The number of ether oxygens (including phenoxy) is 1. The first kappa shape index (κ1) is 17.8. The van der Waals surface area contributed by atoms with Crippen molar-refractivity contribution in [1.29, 1.82) is 0 Å². The minimum absolute atomic E-state index is 0.190. The third-order valence-electron chi connectivity index (χ3n) is 4.40. The lowest BCUT2D eigenvalue weighted by Gasteiger charge is -2.18.